The summed E-state index contributed by atoms with van der Waals surface area (Å²) in [5.74, 6) is 0.570. The van der Waals surface area contributed by atoms with Crippen LogP contribution in [0.1, 0.15) is 92.4 Å². The summed E-state index contributed by atoms with van der Waals surface area (Å²) in [5, 5.41) is 10.8. The van der Waals surface area contributed by atoms with E-state index in [1.54, 1.807) is 0 Å². The molecular formula is C19H34O2. The van der Waals surface area contributed by atoms with Gasteiger partial charge in [0.2, 0.25) is 0 Å². The Balaban J connectivity index is 3.16. The molecule has 0 heterocycles. The second-order valence-corrected chi connectivity index (χ2v) is 6.84. The summed E-state index contributed by atoms with van der Waals surface area (Å²) in [6.45, 7) is 10.3. The van der Waals surface area contributed by atoms with Crippen LogP contribution in [0.5, 0.6) is 0 Å². The average Bonchev–Trinajstić information content (AvgIpc) is 2.56. The normalized spacial score (nSPS) is 20.0. The van der Waals surface area contributed by atoms with Gasteiger partial charge in [-0.1, -0.05) is 47.0 Å². The minimum absolute atomic E-state index is 0.210. The van der Waals surface area contributed by atoms with E-state index in [9.17, 15) is 9.90 Å². The third-order valence-electron chi connectivity index (χ3n) is 6.20. The molecule has 21 heavy (non-hydrogen) atoms. The predicted octanol–water partition coefficient (Wildman–Crippen LogP) is 5.96. The monoisotopic (exact) mass is 294 g/mol. The molecule has 0 unspecified atom stereocenters. The molecule has 0 atom stereocenters. The largest absolute Gasteiger partial charge is 0.511 e. The van der Waals surface area contributed by atoms with Crippen LogP contribution in [0.2, 0.25) is 0 Å². The minimum atomic E-state index is -0.219. The summed E-state index contributed by atoms with van der Waals surface area (Å²) in [7, 11) is 0. The maximum atomic E-state index is 13.1. The second kappa shape index (κ2) is 7.47. The summed E-state index contributed by atoms with van der Waals surface area (Å²) < 4.78 is 0. The van der Waals surface area contributed by atoms with Crippen LogP contribution in [0.25, 0.3) is 0 Å². The molecule has 0 spiro atoms. The first-order valence-electron chi connectivity index (χ1n) is 8.88. The van der Waals surface area contributed by atoms with Gasteiger partial charge in [-0.3, -0.25) is 4.79 Å². The van der Waals surface area contributed by atoms with Crippen molar-refractivity contribution in [1.29, 1.82) is 0 Å². The number of ketones is 1. The lowest BCUT2D eigenvalue weighted by molar-refractivity contribution is -0.127. The smallest absolute Gasteiger partial charge is 0.168 e. The lowest BCUT2D eigenvalue weighted by Gasteiger charge is -2.37. The van der Waals surface area contributed by atoms with E-state index in [1.807, 2.05) is 6.92 Å². The minimum Gasteiger partial charge on any atom is -0.511 e. The van der Waals surface area contributed by atoms with Gasteiger partial charge in [0.1, 0.15) is 5.76 Å². The first-order valence-corrected chi connectivity index (χ1v) is 8.88. The zero-order valence-electron chi connectivity index (χ0n) is 14.7. The number of Topliss-reactive ketones (excluding diaryl/α,β-unsaturated/α-hetero) is 1. The highest BCUT2D eigenvalue weighted by molar-refractivity contribution is 6.00. The van der Waals surface area contributed by atoms with E-state index < -0.39 is 0 Å². The van der Waals surface area contributed by atoms with Gasteiger partial charge < -0.3 is 5.11 Å². The Bertz CT molecular complexity index is 374. The number of rotatable bonds is 7. The number of hydrogen-bond donors (Lipinski definition) is 1. The van der Waals surface area contributed by atoms with Crippen LogP contribution in [0.3, 0.4) is 0 Å². The molecule has 0 aromatic rings. The van der Waals surface area contributed by atoms with Crippen molar-refractivity contribution in [2.24, 2.45) is 10.8 Å². The van der Waals surface area contributed by atoms with Crippen LogP contribution < -0.4 is 0 Å². The van der Waals surface area contributed by atoms with Crippen molar-refractivity contribution in [2.75, 3.05) is 0 Å². The molecule has 1 aliphatic rings. The van der Waals surface area contributed by atoms with Gasteiger partial charge in [-0.05, 0) is 45.4 Å². The average molecular weight is 294 g/mol. The van der Waals surface area contributed by atoms with Crippen molar-refractivity contribution in [1.82, 2.24) is 0 Å². The van der Waals surface area contributed by atoms with E-state index in [0.717, 1.165) is 51.4 Å². The Hall–Kier alpha value is -0.790. The van der Waals surface area contributed by atoms with Gasteiger partial charge in [0, 0.05) is 16.4 Å². The molecule has 122 valence electrons. The number of aliphatic hydroxyl groups is 1. The van der Waals surface area contributed by atoms with Gasteiger partial charge >= 0.3 is 0 Å². The second-order valence-electron chi connectivity index (χ2n) is 6.84. The van der Waals surface area contributed by atoms with Gasteiger partial charge in [0.15, 0.2) is 5.78 Å². The molecule has 0 aromatic heterocycles. The molecule has 1 saturated carbocycles. The van der Waals surface area contributed by atoms with Gasteiger partial charge in [0.05, 0.1) is 0 Å². The van der Waals surface area contributed by atoms with Crippen LogP contribution in [-0.2, 0) is 4.79 Å². The van der Waals surface area contributed by atoms with Crippen LogP contribution >= 0.6 is 0 Å². The molecule has 2 nitrogen and oxygen atoms in total. The molecule has 0 aliphatic heterocycles. The summed E-state index contributed by atoms with van der Waals surface area (Å²) in [6.07, 6.45) is 9.07. The topological polar surface area (TPSA) is 37.3 Å². The fourth-order valence-corrected chi connectivity index (χ4v) is 4.13. The quantitative estimate of drug-likeness (QED) is 0.464. The summed E-state index contributed by atoms with van der Waals surface area (Å²) >= 11 is 0. The predicted molar refractivity (Wildman–Crippen MR) is 89.5 cm³/mol. The molecule has 1 aliphatic carbocycles. The molecule has 1 fully saturated rings. The summed E-state index contributed by atoms with van der Waals surface area (Å²) in [4.78, 5) is 13.1. The molecule has 0 saturated heterocycles. The van der Waals surface area contributed by atoms with Gasteiger partial charge in [-0.15, -0.1) is 0 Å². The van der Waals surface area contributed by atoms with E-state index in [-0.39, 0.29) is 16.6 Å². The van der Waals surface area contributed by atoms with E-state index >= 15 is 0 Å². The molecule has 0 bridgehead atoms. The van der Waals surface area contributed by atoms with Crippen LogP contribution in [-0.4, -0.2) is 10.9 Å². The van der Waals surface area contributed by atoms with E-state index in [0.29, 0.717) is 11.3 Å². The standard InChI is InChI=1S/C19H34O2/c1-6-18(7-2,8-3)16(20)15(5)17(21)19(9-4)13-11-10-12-14-19/h20H,6-14H2,1-5H3/b16-15-. The highest BCUT2D eigenvalue weighted by Gasteiger charge is 2.41. The molecule has 0 amide bonds. The highest BCUT2D eigenvalue weighted by Crippen LogP contribution is 2.44. The molecule has 1 N–H and O–H groups in total. The molecule has 0 aromatic carbocycles. The Kier molecular flexibility index (Phi) is 6.49. The van der Waals surface area contributed by atoms with Gasteiger partial charge in [0.25, 0.3) is 0 Å². The van der Waals surface area contributed by atoms with Crippen LogP contribution in [0.15, 0.2) is 11.3 Å². The number of allylic oxidation sites excluding steroid dienone is 2. The van der Waals surface area contributed by atoms with E-state index in [1.165, 1.54) is 6.42 Å². The van der Waals surface area contributed by atoms with E-state index in [4.69, 9.17) is 0 Å². The third-order valence-corrected chi connectivity index (χ3v) is 6.20. The third kappa shape index (κ3) is 3.35. The van der Waals surface area contributed by atoms with Crippen LogP contribution in [0.4, 0.5) is 0 Å². The van der Waals surface area contributed by atoms with Crippen LogP contribution in [0, 0.1) is 10.8 Å². The van der Waals surface area contributed by atoms with E-state index in [2.05, 4.69) is 27.7 Å². The van der Waals surface area contributed by atoms with Crippen molar-refractivity contribution < 1.29 is 9.90 Å². The SMILES string of the molecule is CCC1(C(=O)/C(C)=C(\O)C(CC)(CC)CC)CCCCC1. The van der Waals surface area contributed by atoms with Gasteiger partial charge in [-0.2, -0.15) is 0 Å². The number of carbonyl (C=O) groups excluding carboxylic acids is 1. The van der Waals surface area contributed by atoms with Crippen molar-refractivity contribution in [3.63, 3.8) is 0 Å². The lowest BCUT2D eigenvalue weighted by atomic mass is 9.66. The fraction of sp³-hybridized carbons (Fsp3) is 0.842. The Morgan fingerprint density at radius 3 is 1.86 bits per heavy atom. The van der Waals surface area contributed by atoms with Crippen molar-refractivity contribution in [2.45, 2.75) is 92.4 Å². The maximum Gasteiger partial charge on any atom is 0.168 e. The summed E-state index contributed by atoms with van der Waals surface area (Å²) in [5.41, 5.74) is 0.199. The molecular weight excluding hydrogens is 260 g/mol. The van der Waals surface area contributed by atoms with Crippen molar-refractivity contribution in [3.8, 4) is 0 Å². The van der Waals surface area contributed by atoms with Crippen molar-refractivity contribution in [3.05, 3.63) is 11.3 Å². The molecule has 1 rings (SSSR count). The number of aliphatic hydroxyl groups excluding tert-OH is 1. The fourth-order valence-electron chi connectivity index (χ4n) is 4.13. The Labute approximate surface area is 131 Å². The Morgan fingerprint density at radius 2 is 1.48 bits per heavy atom. The molecule has 0 radical (unpaired) electrons. The zero-order chi connectivity index (χ0) is 16.1. The lowest BCUT2D eigenvalue weighted by Crippen LogP contribution is -2.35. The summed E-state index contributed by atoms with van der Waals surface area (Å²) in [6, 6.07) is 0. The number of hydrogen-bond acceptors (Lipinski definition) is 2. The maximum absolute atomic E-state index is 13.1. The number of carbonyl (C=O) groups is 1. The Morgan fingerprint density at radius 1 is 1.00 bits per heavy atom. The highest BCUT2D eigenvalue weighted by atomic mass is 16.3. The van der Waals surface area contributed by atoms with Gasteiger partial charge in [-0.25, -0.2) is 0 Å². The van der Waals surface area contributed by atoms with Crippen molar-refractivity contribution >= 4 is 5.78 Å². The zero-order valence-corrected chi connectivity index (χ0v) is 14.7. The first-order chi connectivity index (χ1) is 9.93. The first kappa shape index (κ1) is 18.3. The molecule has 2 heteroatoms.